The topological polar surface area (TPSA) is 12.0 Å². The summed E-state index contributed by atoms with van der Waals surface area (Å²) in [7, 11) is 0. The van der Waals surface area contributed by atoms with Crippen molar-refractivity contribution in [2.24, 2.45) is 0 Å². The largest absolute Gasteiger partial charge is 0.303 e. The van der Waals surface area contributed by atoms with Crippen molar-refractivity contribution in [2.45, 2.75) is 38.8 Å². The summed E-state index contributed by atoms with van der Waals surface area (Å²) in [5.41, 5.74) is 2.42. The molecule has 0 aliphatic heterocycles. The summed E-state index contributed by atoms with van der Waals surface area (Å²) < 4.78 is 13.0. The minimum Gasteiger partial charge on any atom is -0.303 e. The lowest BCUT2D eigenvalue weighted by Gasteiger charge is -2.24. The normalized spacial score (nSPS) is 13.9. The van der Waals surface area contributed by atoms with Gasteiger partial charge in [-0.05, 0) is 36.6 Å². The molecule has 1 nitrogen and oxygen atoms in total. The van der Waals surface area contributed by atoms with Gasteiger partial charge in [-0.1, -0.05) is 55.8 Å². The van der Waals surface area contributed by atoms with Crippen LogP contribution in [0.3, 0.4) is 0 Å². The van der Waals surface area contributed by atoms with Crippen LogP contribution < -0.4 is 5.32 Å². The van der Waals surface area contributed by atoms with E-state index in [1.807, 2.05) is 18.2 Å². The third-order valence-corrected chi connectivity index (χ3v) is 3.60. The van der Waals surface area contributed by atoms with Gasteiger partial charge in [0.05, 0.1) is 0 Å². The lowest BCUT2D eigenvalue weighted by molar-refractivity contribution is 0.439. The first-order valence-corrected chi connectivity index (χ1v) is 7.27. The van der Waals surface area contributed by atoms with Gasteiger partial charge in [-0.3, -0.25) is 0 Å². The highest BCUT2D eigenvalue weighted by Crippen LogP contribution is 2.23. The van der Waals surface area contributed by atoms with Crippen molar-refractivity contribution >= 4 is 0 Å². The fourth-order valence-corrected chi connectivity index (χ4v) is 2.47. The van der Waals surface area contributed by atoms with E-state index in [9.17, 15) is 4.39 Å². The van der Waals surface area contributed by atoms with Crippen LogP contribution in [-0.2, 0) is 0 Å². The van der Waals surface area contributed by atoms with E-state index in [-0.39, 0.29) is 11.9 Å². The predicted octanol–water partition coefficient (Wildman–Crippen LogP) is 5.02. The van der Waals surface area contributed by atoms with E-state index in [1.54, 1.807) is 0 Å². The number of hydrogen-bond donors (Lipinski definition) is 1. The zero-order valence-electron chi connectivity index (χ0n) is 12.1. The van der Waals surface area contributed by atoms with Crippen LogP contribution in [0.25, 0.3) is 0 Å². The standard InChI is InChI=1S/C18H22FN/c1-3-7-18(16-8-5-4-6-9-16)20-14(2)15-10-12-17(19)13-11-15/h4-6,8-14,18,20H,3,7H2,1-2H3. The van der Waals surface area contributed by atoms with Crippen LogP contribution in [0.5, 0.6) is 0 Å². The zero-order chi connectivity index (χ0) is 14.4. The molecule has 0 amide bonds. The second kappa shape index (κ2) is 7.20. The predicted molar refractivity (Wildman–Crippen MR) is 82.0 cm³/mol. The summed E-state index contributed by atoms with van der Waals surface area (Å²) in [6, 6.07) is 17.8. The molecule has 20 heavy (non-hydrogen) atoms. The van der Waals surface area contributed by atoms with Crippen molar-refractivity contribution in [3.63, 3.8) is 0 Å². The molecule has 0 heterocycles. The van der Waals surface area contributed by atoms with E-state index in [4.69, 9.17) is 0 Å². The van der Waals surface area contributed by atoms with Crippen molar-refractivity contribution in [1.29, 1.82) is 0 Å². The number of nitrogens with one attached hydrogen (secondary N) is 1. The first-order chi connectivity index (χ1) is 9.70. The molecule has 0 fully saturated rings. The third-order valence-electron chi connectivity index (χ3n) is 3.60. The van der Waals surface area contributed by atoms with E-state index < -0.39 is 0 Å². The van der Waals surface area contributed by atoms with Crippen molar-refractivity contribution in [3.05, 3.63) is 71.5 Å². The maximum Gasteiger partial charge on any atom is 0.123 e. The minimum absolute atomic E-state index is 0.186. The van der Waals surface area contributed by atoms with E-state index in [0.717, 1.165) is 18.4 Å². The first kappa shape index (κ1) is 14.7. The van der Waals surface area contributed by atoms with Crippen LogP contribution in [0.4, 0.5) is 4.39 Å². The van der Waals surface area contributed by atoms with Gasteiger partial charge in [-0.2, -0.15) is 0 Å². The Morgan fingerprint density at radius 1 is 0.950 bits per heavy atom. The van der Waals surface area contributed by atoms with Gasteiger partial charge in [0.2, 0.25) is 0 Å². The molecular weight excluding hydrogens is 249 g/mol. The molecule has 0 spiro atoms. The van der Waals surface area contributed by atoms with Gasteiger partial charge in [0.15, 0.2) is 0 Å². The van der Waals surface area contributed by atoms with Gasteiger partial charge < -0.3 is 5.32 Å². The number of rotatable bonds is 6. The van der Waals surface area contributed by atoms with E-state index in [0.29, 0.717) is 6.04 Å². The molecule has 106 valence electrons. The van der Waals surface area contributed by atoms with Crippen LogP contribution in [0.15, 0.2) is 54.6 Å². The summed E-state index contributed by atoms with van der Waals surface area (Å²) >= 11 is 0. The molecule has 0 saturated carbocycles. The van der Waals surface area contributed by atoms with Gasteiger partial charge in [-0.15, -0.1) is 0 Å². The van der Waals surface area contributed by atoms with Gasteiger partial charge in [-0.25, -0.2) is 4.39 Å². The van der Waals surface area contributed by atoms with Gasteiger partial charge in [0.25, 0.3) is 0 Å². The molecule has 2 heteroatoms. The monoisotopic (exact) mass is 271 g/mol. The molecule has 0 bridgehead atoms. The van der Waals surface area contributed by atoms with Gasteiger partial charge in [0, 0.05) is 12.1 Å². The molecule has 0 aromatic heterocycles. The van der Waals surface area contributed by atoms with E-state index in [1.165, 1.54) is 17.7 Å². The van der Waals surface area contributed by atoms with Crippen molar-refractivity contribution in [3.8, 4) is 0 Å². The van der Waals surface area contributed by atoms with Crippen LogP contribution in [-0.4, -0.2) is 0 Å². The molecule has 2 aromatic rings. The Balaban J connectivity index is 2.10. The molecule has 2 aromatic carbocycles. The van der Waals surface area contributed by atoms with Crippen molar-refractivity contribution in [1.82, 2.24) is 5.32 Å². The summed E-state index contributed by atoms with van der Waals surface area (Å²) in [4.78, 5) is 0. The van der Waals surface area contributed by atoms with E-state index in [2.05, 4.69) is 43.4 Å². The highest BCUT2D eigenvalue weighted by molar-refractivity contribution is 5.22. The fourth-order valence-electron chi connectivity index (χ4n) is 2.47. The molecule has 1 N–H and O–H groups in total. The summed E-state index contributed by atoms with van der Waals surface area (Å²) in [5.74, 6) is -0.186. The van der Waals surface area contributed by atoms with Crippen LogP contribution >= 0.6 is 0 Å². The number of hydrogen-bond acceptors (Lipinski definition) is 1. The molecular formula is C18H22FN. The molecule has 2 atom stereocenters. The quantitative estimate of drug-likeness (QED) is 0.778. The van der Waals surface area contributed by atoms with Crippen molar-refractivity contribution in [2.75, 3.05) is 0 Å². The Morgan fingerprint density at radius 3 is 2.20 bits per heavy atom. The maximum absolute atomic E-state index is 13.0. The molecule has 0 radical (unpaired) electrons. The Bertz CT molecular complexity index is 507. The first-order valence-electron chi connectivity index (χ1n) is 7.27. The Kier molecular flexibility index (Phi) is 5.31. The maximum atomic E-state index is 13.0. The van der Waals surface area contributed by atoms with E-state index >= 15 is 0 Å². The molecule has 0 saturated heterocycles. The lowest BCUT2D eigenvalue weighted by Crippen LogP contribution is -2.24. The fraction of sp³-hybridized carbons (Fsp3) is 0.333. The van der Waals surface area contributed by atoms with Crippen molar-refractivity contribution < 1.29 is 4.39 Å². The molecule has 2 unspecified atom stereocenters. The smallest absolute Gasteiger partial charge is 0.123 e. The summed E-state index contributed by atoms with van der Waals surface area (Å²) in [5, 5.41) is 3.65. The second-order valence-corrected chi connectivity index (χ2v) is 5.19. The molecule has 2 rings (SSSR count). The SMILES string of the molecule is CCCC(NC(C)c1ccc(F)cc1)c1ccccc1. The second-order valence-electron chi connectivity index (χ2n) is 5.19. The van der Waals surface area contributed by atoms with Crippen LogP contribution in [0, 0.1) is 5.82 Å². The Labute approximate surface area is 120 Å². The number of halogens is 1. The third kappa shape index (κ3) is 3.91. The summed E-state index contributed by atoms with van der Waals surface area (Å²) in [6.07, 6.45) is 2.22. The zero-order valence-corrected chi connectivity index (χ0v) is 12.1. The average molecular weight is 271 g/mol. The Morgan fingerprint density at radius 2 is 1.60 bits per heavy atom. The lowest BCUT2D eigenvalue weighted by atomic mass is 9.99. The van der Waals surface area contributed by atoms with Crippen LogP contribution in [0.2, 0.25) is 0 Å². The summed E-state index contributed by atoms with van der Waals surface area (Å²) in [6.45, 7) is 4.32. The average Bonchev–Trinajstić information content (AvgIpc) is 2.48. The highest BCUT2D eigenvalue weighted by atomic mass is 19.1. The van der Waals surface area contributed by atoms with Crippen LogP contribution in [0.1, 0.15) is 49.9 Å². The Hall–Kier alpha value is -1.67. The minimum atomic E-state index is -0.186. The number of benzene rings is 2. The van der Waals surface area contributed by atoms with Gasteiger partial charge in [0.1, 0.15) is 5.82 Å². The highest BCUT2D eigenvalue weighted by Gasteiger charge is 2.14. The van der Waals surface area contributed by atoms with Gasteiger partial charge >= 0.3 is 0 Å². The molecule has 0 aliphatic carbocycles. The molecule has 0 aliphatic rings.